The lowest BCUT2D eigenvalue weighted by Crippen LogP contribution is -2.29. The van der Waals surface area contributed by atoms with Crippen molar-refractivity contribution < 1.29 is 9.59 Å². The predicted molar refractivity (Wildman–Crippen MR) is 81.2 cm³/mol. The van der Waals surface area contributed by atoms with Gasteiger partial charge >= 0.3 is 0 Å². The summed E-state index contributed by atoms with van der Waals surface area (Å²) in [5.41, 5.74) is 1.92. The predicted octanol–water partition coefficient (Wildman–Crippen LogP) is 3.20. The first kappa shape index (κ1) is 13.5. The van der Waals surface area contributed by atoms with Gasteiger partial charge in [-0.25, -0.2) is 4.98 Å². The van der Waals surface area contributed by atoms with E-state index in [2.05, 4.69) is 20.9 Å². The zero-order valence-electron chi connectivity index (χ0n) is 10.7. The van der Waals surface area contributed by atoms with Crippen LogP contribution in [0, 0.1) is 0 Å². The Balaban J connectivity index is 1.97. The van der Waals surface area contributed by atoms with Gasteiger partial charge in [-0.15, -0.1) is 11.3 Å². The molecule has 3 rings (SSSR count). The van der Waals surface area contributed by atoms with Crippen LogP contribution < -0.4 is 4.90 Å². The molecule has 20 heavy (non-hydrogen) atoms. The first-order valence-corrected chi connectivity index (χ1v) is 7.87. The van der Waals surface area contributed by atoms with Gasteiger partial charge in [-0.1, -0.05) is 13.0 Å². The van der Waals surface area contributed by atoms with Crippen LogP contribution in [0.15, 0.2) is 28.1 Å². The molecule has 4 nitrogen and oxygen atoms in total. The van der Waals surface area contributed by atoms with Crippen LogP contribution in [-0.2, 0) is 17.8 Å². The highest BCUT2D eigenvalue weighted by atomic mass is 79.9. The topological polar surface area (TPSA) is 50.3 Å². The van der Waals surface area contributed by atoms with Crippen molar-refractivity contribution >= 4 is 44.6 Å². The fourth-order valence-electron chi connectivity index (χ4n) is 2.20. The summed E-state index contributed by atoms with van der Waals surface area (Å²) in [4.78, 5) is 30.1. The molecule has 0 spiro atoms. The number of carbonyl (C=O) groups is 2. The van der Waals surface area contributed by atoms with Crippen LogP contribution >= 0.6 is 27.3 Å². The molecule has 2 aromatic rings. The van der Waals surface area contributed by atoms with Crippen LogP contribution in [0.4, 0.5) is 5.69 Å². The van der Waals surface area contributed by atoms with Crippen LogP contribution in [0.5, 0.6) is 0 Å². The number of rotatable bonds is 3. The number of nitrogens with zero attached hydrogens (tertiary/aromatic N) is 2. The fourth-order valence-corrected chi connectivity index (χ4v) is 3.48. The lowest BCUT2D eigenvalue weighted by atomic mass is 10.1. The average molecular weight is 351 g/mol. The largest absolute Gasteiger partial charge is 0.299 e. The van der Waals surface area contributed by atoms with Gasteiger partial charge in [-0.2, -0.15) is 0 Å². The van der Waals surface area contributed by atoms with Crippen molar-refractivity contribution in [1.82, 2.24) is 4.98 Å². The van der Waals surface area contributed by atoms with Gasteiger partial charge in [0.05, 0.1) is 28.5 Å². The Morgan fingerprint density at radius 2 is 2.15 bits per heavy atom. The quantitative estimate of drug-likeness (QED) is 0.798. The van der Waals surface area contributed by atoms with E-state index in [1.54, 1.807) is 23.5 Å². The van der Waals surface area contributed by atoms with Crippen LogP contribution in [-0.4, -0.2) is 16.7 Å². The molecular formula is C14H11BrN2O2S. The minimum absolute atomic E-state index is 0.338. The molecule has 0 atom stereocenters. The Morgan fingerprint density at radius 3 is 2.85 bits per heavy atom. The summed E-state index contributed by atoms with van der Waals surface area (Å²) in [6, 6.07) is 5.38. The first-order chi connectivity index (χ1) is 9.61. The Morgan fingerprint density at radius 1 is 1.35 bits per heavy atom. The van der Waals surface area contributed by atoms with E-state index in [4.69, 9.17) is 0 Å². The minimum atomic E-state index is -0.488. The van der Waals surface area contributed by atoms with E-state index in [0.717, 1.165) is 17.1 Å². The van der Waals surface area contributed by atoms with Crippen molar-refractivity contribution in [2.45, 2.75) is 19.9 Å². The van der Waals surface area contributed by atoms with Gasteiger partial charge in [0.2, 0.25) is 0 Å². The Kier molecular flexibility index (Phi) is 3.43. The van der Waals surface area contributed by atoms with Gasteiger partial charge in [-0.3, -0.25) is 14.5 Å². The number of hydrogen-bond donors (Lipinski definition) is 0. The summed E-state index contributed by atoms with van der Waals surface area (Å²) >= 11 is 4.91. The lowest BCUT2D eigenvalue weighted by Gasteiger charge is -2.14. The van der Waals surface area contributed by atoms with E-state index < -0.39 is 11.7 Å². The van der Waals surface area contributed by atoms with Crippen molar-refractivity contribution in [1.29, 1.82) is 0 Å². The molecule has 1 amide bonds. The highest BCUT2D eigenvalue weighted by Crippen LogP contribution is 2.35. The highest BCUT2D eigenvalue weighted by molar-refractivity contribution is 9.10. The highest BCUT2D eigenvalue weighted by Gasteiger charge is 2.37. The number of amides is 1. The second kappa shape index (κ2) is 5.10. The Bertz CT molecular complexity index is 711. The summed E-state index contributed by atoms with van der Waals surface area (Å²) in [7, 11) is 0. The minimum Gasteiger partial charge on any atom is -0.299 e. The zero-order chi connectivity index (χ0) is 14.3. The number of fused-ring (bicyclic) bond motifs is 1. The number of benzene rings is 1. The number of halogens is 1. The normalized spacial score (nSPS) is 14.0. The van der Waals surface area contributed by atoms with Gasteiger partial charge in [0.25, 0.3) is 11.7 Å². The van der Waals surface area contributed by atoms with E-state index >= 15 is 0 Å². The van der Waals surface area contributed by atoms with Crippen molar-refractivity contribution in [3.63, 3.8) is 0 Å². The Hall–Kier alpha value is -1.53. The summed E-state index contributed by atoms with van der Waals surface area (Å²) < 4.78 is 0.656. The van der Waals surface area contributed by atoms with E-state index in [1.165, 1.54) is 4.90 Å². The zero-order valence-corrected chi connectivity index (χ0v) is 13.1. The molecule has 0 fully saturated rings. The summed E-state index contributed by atoms with van der Waals surface area (Å²) in [6.45, 7) is 2.38. The molecule has 0 N–H and O–H groups in total. The van der Waals surface area contributed by atoms with E-state index in [9.17, 15) is 9.59 Å². The molecule has 1 aromatic carbocycles. The molecule has 102 valence electrons. The van der Waals surface area contributed by atoms with Gasteiger partial charge < -0.3 is 0 Å². The van der Waals surface area contributed by atoms with Crippen molar-refractivity contribution in [2.24, 2.45) is 0 Å². The number of ketones is 1. The van der Waals surface area contributed by atoms with E-state index in [0.29, 0.717) is 22.3 Å². The van der Waals surface area contributed by atoms with Crippen molar-refractivity contribution in [3.05, 3.63) is 44.3 Å². The number of anilines is 1. The molecule has 0 saturated carbocycles. The summed E-state index contributed by atoms with van der Waals surface area (Å²) in [5.74, 6) is -0.948. The monoisotopic (exact) mass is 350 g/mol. The molecule has 6 heteroatoms. The third kappa shape index (κ3) is 2.09. The summed E-state index contributed by atoms with van der Waals surface area (Å²) in [5, 5.41) is 2.97. The molecule has 0 unspecified atom stereocenters. The van der Waals surface area contributed by atoms with Crippen LogP contribution in [0.2, 0.25) is 0 Å². The van der Waals surface area contributed by atoms with E-state index in [-0.39, 0.29) is 0 Å². The number of aryl methyl sites for hydroxylation is 1. The molecule has 0 bridgehead atoms. The molecule has 1 aromatic heterocycles. The lowest BCUT2D eigenvalue weighted by molar-refractivity contribution is -0.114. The third-order valence-electron chi connectivity index (χ3n) is 3.17. The van der Waals surface area contributed by atoms with Crippen LogP contribution in [0.25, 0.3) is 0 Å². The second-order valence-corrected chi connectivity index (χ2v) is 6.24. The summed E-state index contributed by atoms with van der Waals surface area (Å²) in [6.07, 6.45) is 0.875. The number of thiazole rings is 1. The molecule has 2 heterocycles. The molecule has 0 saturated heterocycles. The van der Waals surface area contributed by atoms with Gasteiger partial charge in [0.15, 0.2) is 0 Å². The number of carbonyl (C=O) groups excluding carboxylic acids is 2. The molecule has 0 radical (unpaired) electrons. The standard InChI is InChI=1S/C14H11BrN2O2S/c1-2-11-16-8(7-20-11)6-17-10-5-3-4-9(15)12(10)13(18)14(17)19/h3-5,7H,2,6H2,1H3. The first-order valence-electron chi connectivity index (χ1n) is 6.19. The van der Waals surface area contributed by atoms with Gasteiger partial charge in [-0.05, 0) is 34.5 Å². The number of aromatic nitrogens is 1. The Labute approximate surface area is 128 Å². The van der Waals surface area contributed by atoms with Crippen molar-refractivity contribution in [3.8, 4) is 0 Å². The van der Waals surface area contributed by atoms with Gasteiger partial charge in [0.1, 0.15) is 0 Å². The fraction of sp³-hybridized carbons (Fsp3) is 0.214. The molecule has 0 aliphatic carbocycles. The SMILES string of the molecule is CCc1nc(CN2C(=O)C(=O)c3c(Br)cccc32)cs1. The number of Topliss-reactive ketones (excluding diaryl/α,β-unsaturated/α-hetero) is 1. The average Bonchev–Trinajstić information content (AvgIpc) is 2.99. The smallest absolute Gasteiger partial charge is 0.299 e. The van der Waals surface area contributed by atoms with Crippen LogP contribution in [0.3, 0.4) is 0 Å². The second-order valence-electron chi connectivity index (χ2n) is 4.44. The van der Waals surface area contributed by atoms with Gasteiger partial charge in [0, 0.05) is 9.85 Å². The maximum Gasteiger partial charge on any atom is 0.299 e. The molecule has 1 aliphatic rings. The maximum atomic E-state index is 12.1. The molecular weight excluding hydrogens is 340 g/mol. The van der Waals surface area contributed by atoms with Crippen molar-refractivity contribution in [2.75, 3.05) is 4.90 Å². The van der Waals surface area contributed by atoms with E-state index in [1.807, 2.05) is 18.4 Å². The third-order valence-corrected chi connectivity index (χ3v) is 4.87. The number of hydrogen-bond acceptors (Lipinski definition) is 4. The molecule has 1 aliphatic heterocycles. The van der Waals surface area contributed by atoms with Crippen LogP contribution in [0.1, 0.15) is 28.0 Å². The maximum absolute atomic E-state index is 12.1.